The monoisotopic (exact) mass is 411 g/mol. The van der Waals surface area contributed by atoms with E-state index in [9.17, 15) is 4.79 Å². The number of allylic oxidation sites excluding steroid dienone is 3. The molecule has 2 heterocycles. The predicted octanol–water partition coefficient (Wildman–Crippen LogP) is 7.15. The molecule has 0 fully saturated rings. The lowest BCUT2D eigenvalue weighted by molar-refractivity contribution is 0.103. The fourth-order valence-electron chi connectivity index (χ4n) is 4.46. The molecule has 1 unspecified atom stereocenters. The molecule has 0 bridgehead atoms. The largest absolute Gasteiger partial charge is 0.341 e. The molecular weight excluding hydrogens is 386 g/mol. The van der Waals surface area contributed by atoms with Gasteiger partial charge in [0.2, 0.25) is 0 Å². The maximum absolute atomic E-state index is 13.2. The number of hydrogen-bond acceptors (Lipinski definition) is 1. The molecule has 0 N–H and O–H groups in total. The number of rotatable bonds is 4. The molecule has 0 spiro atoms. The Morgan fingerprint density at radius 3 is 2.37 bits per heavy atom. The van der Waals surface area contributed by atoms with Gasteiger partial charge in [0.15, 0.2) is 5.78 Å². The summed E-state index contributed by atoms with van der Waals surface area (Å²) < 4.78 is 2.34. The van der Waals surface area contributed by atoms with E-state index in [0.29, 0.717) is 0 Å². The summed E-state index contributed by atoms with van der Waals surface area (Å²) >= 11 is 0. The number of aromatic nitrogens is 1. The quantitative estimate of drug-likeness (QED) is 0.280. The molecule has 30 heavy (non-hydrogen) atoms. The lowest BCUT2D eigenvalue weighted by Crippen LogP contribution is -2.03. The van der Waals surface area contributed by atoms with E-state index in [2.05, 4.69) is 66.3 Å². The van der Waals surface area contributed by atoms with E-state index in [0.717, 1.165) is 28.6 Å². The first-order valence-corrected chi connectivity index (χ1v) is 11.8. The molecule has 150 valence electrons. The predicted molar refractivity (Wildman–Crippen MR) is 130 cm³/mol. The third kappa shape index (κ3) is 2.93. The second-order valence-corrected chi connectivity index (χ2v) is 10.1. The summed E-state index contributed by atoms with van der Waals surface area (Å²) in [5, 5.41) is 4.71. The van der Waals surface area contributed by atoms with Gasteiger partial charge in [-0.3, -0.25) is 4.79 Å². The number of hydrogen-bond donors (Lipinski definition) is 1. The highest BCUT2D eigenvalue weighted by molar-refractivity contribution is 8.23. The summed E-state index contributed by atoms with van der Waals surface area (Å²) in [6.45, 7) is 7.28. The molecule has 0 amide bonds. The Morgan fingerprint density at radius 2 is 1.67 bits per heavy atom. The first-order valence-electron chi connectivity index (χ1n) is 10.4. The molecule has 1 atom stereocenters. The number of carbonyl (C=O) groups excluding carboxylic acids is 1. The van der Waals surface area contributed by atoms with Crippen LogP contribution < -0.4 is 0 Å². The first-order chi connectivity index (χ1) is 14.6. The molecule has 5 rings (SSSR count). The smallest absolute Gasteiger partial charge is 0.193 e. The minimum atomic E-state index is -0.381. The van der Waals surface area contributed by atoms with Crippen LogP contribution in [0.25, 0.3) is 21.8 Å². The van der Waals surface area contributed by atoms with E-state index in [1.165, 1.54) is 26.2 Å². The van der Waals surface area contributed by atoms with Gasteiger partial charge in [-0.1, -0.05) is 36.4 Å². The number of benzene rings is 3. The number of ketones is 1. The van der Waals surface area contributed by atoms with Crippen molar-refractivity contribution in [3.8, 4) is 0 Å². The highest BCUT2D eigenvalue weighted by Gasteiger charge is 2.17. The first kappa shape index (κ1) is 19.0. The van der Waals surface area contributed by atoms with Gasteiger partial charge in [-0.25, -0.2) is 0 Å². The number of carbonyl (C=O) groups is 1. The molecule has 4 aromatic rings. The van der Waals surface area contributed by atoms with Crippen molar-refractivity contribution in [3.05, 3.63) is 99.8 Å². The topological polar surface area (TPSA) is 22.0 Å². The fourth-order valence-corrected chi connectivity index (χ4v) is 6.29. The van der Waals surface area contributed by atoms with Crippen molar-refractivity contribution in [2.24, 2.45) is 0 Å². The normalized spacial score (nSPS) is 17.0. The summed E-state index contributed by atoms with van der Waals surface area (Å²) in [5.41, 5.74) is 4.96. The third-order valence-corrected chi connectivity index (χ3v) is 8.26. The lowest BCUT2D eigenvalue weighted by atomic mass is 9.98. The van der Waals surface area contributed by atoms with Gasteiger partial charge in [-0.15, -0.1) is 0 Å². The van der Waals surface area contributed by atoms with E-state index in [1.807, 2.05) is 37.3 Å². The third-order valence-electron chi connectivity index (χ3n) is 6.05. The molecule has 1 aliphatic heterocycles. The minimum absolute atomic E-state index is 0.0884. The number of thiol groups is 1. The Bertz CT molecular complexity index is 1370. The fraction of sp³-hybridized carbons (Fsp3) is 0.148. The van der Waals surface area contributed by atoms with E-state index >= 15 is 0 Å². The van der Waals surface area contributed by atoms with Crippen LogP contribution in [0.4, 0.5) is 0 Å². The van der Waals surface area contributed by atoms with Gasteiger partial charge in [0.1, 0.15) is 0 Å². The standard InChI is InChI=1S/C27H25NOS/c1-4-28-25-13-11-20(27(29)22-10-6-5-8-18(22)2)16-23(25)24-17-21(12-14-26(24)28)30-15-7-9-19(30)3/h5-17,30H,4H2,1-3H3. The Kier molecular flexibility index (Phi) is 4.63. The van der Waals surface area contributed by atoms with Crippen molar-refractivity contribution in [2.75, 3.05) is 0 Å². The number of fused-ring (bicyclic) bond motifs is 3. The van der Waals surface area contributed by atoms with Gasteiger partial charge < -0.3 is 4.57 Å². The second kappa shape index (κ2) is 7.33. The van der Waals surface area contributed by atoms with Crippen molar-refractivity contribution in [1.82, 2.24) is 4.57 Å². The molecule has 3 heteroatoms. The Labute approximate surface area is 179 Å². The van der Waals surface area contributed by atoms with E-state index in [-0.39, 0.29) is 16.7 Å². The van der Waals surface area contributed by atoms with Gasteiger partial charge in [0.25, 0.3) is 0 Å². The van der Waals surface area contributed by atoms with Crippen LogP contribution in [0, 0.1) is 6.92 Å². The Hall–Kier alpha value is -3.04. The van der Waals surface area contributed by atoms with Crippen LogP contribution in [0.5, 0.6) is 0 Å². The van der Waals surface area contributed by atoms with Crippen LogP contribution in [-0.4, -0.2) is 10.4 Å². The minimum Gasteiger partial charge on any atom is -0.341 e. The Morgan fingerprint density at radius 1 is 0.933 bits per heavy atom. The molecule has 1 aliphatic rings. The van der Waals surface area contributed by atoms with Crippen molar-refractivity contribution in [3.63, 3.8) is 0 Å². The van der Waals surface area contributed by atoms with Crippen LogP contribution in [0.15, 0.2) is 88.0 Å². The zero-order valence-corrected chi connectivity index (χ0v) is 18.4. The van der Waals surface area contributed by atoms with Gasteiger partial charge in [0, 0.05) is 39.5 Å². The number of aryl methyl sites for hydroxylation is 2. The van der Waals surface area contributed by atoms with Gasteiger partial charge in [-0.2, -0.15) is 10.9 Å². The maximum atomic E-state index is 13.2. The lowest BCUT2D eigenvalue weighted by Gasteiger charge is -2.15. The highest BCUT2D eigenvalue weighted by atomic mass is 32.2. The molecule has 0 saturated carbocycles. The molecule has 3 aromatic carbocycles. The van der Waals surface area contributed by atoms with Crippen molar-refractivity contribution in [2.45, 2.75) is 32.2 Å². The molecular formula is C27H25NOS. The second-order valence-electron chi connectivity index (χ2n) is 7.84. The van der Waals surface area contributed by atoms with E-state index in [4.69, 9.17) is 0 Å². The summed E-state index contributed by atoms with van der Waals surface area (Å²) in [7, 11) is -0.381. The van der Waals surface area contributed by atoms with Crippen LogP contribution in [-0.2, 0) is 6.54 Å². The van der Waals surface area contributed by atoms with Crippen LogP contribution in [0.3, 0.4) is 0 Å². The molecule has 2 nitrogen and oxygen atoms in total. The Balaban J connectivity index is 1.71. The van der Waals surface area contributed by atoms with Crippen LogP contribution in [0.2, 0.25) is 0 Å². The van der Waals surface area contributed by atoms with Crippen LogP contribution in [0.1, 0.15) is 35.3 Å². The molecule has 0 radical (unpaired) electrons. The van der Waals surface area contributed by atoms with Gasteiger partial charge in [0.05, 0.1) is 0 Å². The highest BCUT2D eigenvalue weighted by Crippen LogP contribution is 2.49. The summed E-state index contributed by atoms with van der Waals surface area (Å²) in [6, 6.07) is 20.8. The van der Waals surface area contributed by atoms with Crippen LogP contribution >= 0.6 is 10.9 Å². The number of nitrogens with zero attached hydrogens (tertiary/aromatic N) is 1. The van der Waals surface area contributed by atoms with E-state index < -0.39 is 0 Å². The molecule has 0 aliphatic carbocycles. The van der Waals surface area contributed by atoms with Gasteiger partial charge >= 0.3 is 0 Å². The molecule has 1 aromatic heterocycles. The average Bonchev–Trinajstić information content (AvgIpc) is 3.33. The maximum Gasteiger partial charge on any atom is 0.193 e. The molecule has 0 saturated heterocycles. The zero-order valence-electron chi connectivity index (χ0n) is 17.5. The SMILES string of the molecule is CCn1c2ccc(C(=O)c3ccccc3C)cc2c2cc([SH]3C=CC=C3C)ccc21. The van der Waals surface area contributed by atoms with Gasteiger partial charge in [-0.05, 0) is 77.9 Å². The van der Waals surface area contributed by atoms with Crippen molar-refractivity contribution in [1.29, 1.82) is 0 Å². The van der Waals surface area contributed by atoms with E-state index in [1.54, 1.807) is 0 Å². The van der Waals surface area contributed by atoms with Crippen molar-refractivity contribution >= 4 is 38.5 Å². The summed E-state index contributed by atoms with van der Waals surface area (Å²) in [5.74, 6) is 0.0884. The van der Waals surface area contributed by atoms with Crippen molar-refractivity contribution < 1.29 is 4.79 Å². The average molecular weight is 412 g/mol. The zero-order chi connectivity index (χ0) is 20.8. The summed E-state index contributed by atoms with van der Waals surface area (Å²) in [4.78, 5) is 16.0. The summed E-state index contributed by atoms with van der Waals surface area (Å²) in [6.07, 6.45) is 4.38.